The van der Waals surface area contributed by atoms with Gasteiger partial charge in [0.15, 0.2) is 17.3 Å². The molecule has 0 N–H and O–H groups in total. The van der Waals surface area contributed by atoms with Gasteiger partial charge in [-0.2, -0.15) is 0 Å². The van der Waals surface area contributed by atoms with Gasteiger partial charge in [0.2, 0.25) is 5.78 Å². The van der Waals surface area contributed by atoms with Crippen molar-refractivity contribution in [3.8, 4) is 23.0 Å². The third kappa shape index (κ3) is 3.72. The van der Waals surface area contributed by atoms with Crippen LogP contribution in [0.4, 0.5) is 0 Å². The molecule has 2 heterocycles. The lowest BCUT2D eigenvalue weighted by Crippen LogP contribution is -2.21. The Morgan fingerprint density at radius 1 is 0.971 bits per heavy atom. The number of thioether (sulfide) groups is 1. The van der Waals surface area contributed by atoms with Gasteiger partial charge in [0.25, 0.3) is 0 Å². The van der Waals surface area contributed by atoms with Crippen molar-refractivity contribution < 1.29 is 28.5 Å². The quantitative estimate of drug-likeness (QED) is 0.210. The van der Waals surface area contributed by atoms with E-state index in [0.29, 0.717) is 39.7 Å². The second kappa shape index (κ2) is 8.91. The number of ketones is 1. The molecule has 0 bridgehead atoms. The molecule has 0 fully saturated rings. The third-order valence-corrected chi connectivity index (χ3v) is 6.76. The maximum atomic E-state index is 13.3. The molecule has 0 spiro atoms. The maximum Gasteiger partial charge on any atom is 0.312 e. The molecule has 0 amide bonds. The molecule has 0 aromatic heterocycles. The topological polar surface area (TPSA) is 71.1 Å². The summed E-state index contributed by atoms with van der Waals surface area (Å²) in [5.74, 6) is 1.25. The van der Waals surface area contributed by atoms with Gasteiger partial charge < -0.3 is 18.9 Å². The summed E-state index contributed by atoms with van der Waals surface area (Å²) in [6, 6.07) is 16.8. The highest BCUT2D eigenvalue weighted by atomic mass is 32.2. The second-order valence-electron chi connectivity index (χ2n) is 7.88. The molecule has 3 aromatic carbocycles. The summed E-state index contributed by atoms with van der Waals surface area (Å²) in [6.07, 6.45) is 3.83. The van der Waals surface area contributed by atoms with E-state index in [1.807, 2.05) is 42.7 Å². The smallest absolute Gasteiger partial charge is 0.312 e. The van der Waals surface area contributed by atoms with Crippen molar-refractivity contribution in [3.05, 3.63) is 82.6 Å². The molecule has 1 atom stereocenters. The van der Waals surface area contributed by atoms with Gasteiger partial charge in [-0.15, -0.1) is 11.8 Å². The maximum absolute atomic E-state index is 13.3. The Kier molecular flexibility index (Phi) is 5.79. The van der Waals surface area contributed by atoms with Crippen molar-refractivity contribution >= 4 is 29.6 Å². The van der Waals surface area contributed by atoms with E-state index in [1.165, 1.54) is 0 Å². The Balaban J connectivity index is 1.59. The van der Waals surface area contributed by atoms with Crippen LogP contribution < -0.4 is 18.9 Å². The highest BCUT2D eigenvalue weighted by molar-refractivity contribution is 7.98. The average Bonchev–Trinajstić information content (AvgIpc) is 3.18. The van der Waals surface area contributed by atoms with E-state index in [-0.39, 0.29) is 29.9 Å². The molecule has 34 heavy (non-hydrogen) atoms. The van der Waals surface area contributed by atoms with Gasteiger partial charge in [0.05, 0.1) is 26.2 Å². The van der Waals surface area contributed by atoms with Crippen LogP contribution in [0.1, 0.15) is 39.4 Å². The van der Waals surface area contributed by atoms with Gasteiger partial charge in [-0.1, -0.05) is 24.3 Å². The fraction of sp³-hybridized carbons (Fsp3) is 0.185. The number of esters is 1. The fourth-order valence-corrected chi connectivity index (χ4v) is 4.80. The Morgan fingerprint density at radius 3 is 2.47 bits per heavy atom. The van der Waals surface area contributed by atoms with Crippen LogP contribution in [0.25, 0.3) is 6.08 Å². The van der Waals surface area contributed by atoms with Crippen LogP contribution in [0.2, 0.25) is 0 Å². The SMILES string of the molecule is COc1cccc(/C=C2\Oc3c(ccc4c3[C@@H](c3ccc(SC)cc3)CC(=O)O4)C2=O)c1OC. The molecule has 2 aliphatic heterocycles. The largest absolute Gasteiger partial charge is 0.493 e. The van der Waals surface area contributed by atoms with Crippen LogP contribution in [-0.2, 0) is 4.79 Å². The first kappa shape index (κ1) is 22.1. The number of hydrogen-bond acceptors (Lipinski definition) is 7. The number of benzene rings is 3. The molecule has 6 nitrogen and oxygen atoms in total. The van der Waals surface area contributed by atoms with E-state index in [1.54, 1.807) is 50.3 Å². The minimum Gasteiger partial charge on any atom is -0.493 e. The normalized spacial score (nSPS) is 17.6. The number of hydrogen-bond donors (Lipinski definition) is 0. The van der Waals surface area contributed by atoms with Crippen molar-refractivity contribution in [1.82, 2.24) is 0 Å². The molecule has 172 valence electrons. The molecule has 0 aliphatic carbocycles. The van der Waals surface area contributed by atoms with Crippen molar-refractivity contribution in [3.63, 3.8) is 0 Å². The van der Waals surface area contributed by atoms with Crippen LogP contribution >= 0.6 is 11.8 Å². The molecule has 0 saturated heterocycles. The Bertz CT molecular complexity index is 1330. The first-order chi connectivity index (χ1) is 16.5. The third-order valence-electron chi connectivity index (χ3n) is 6.02. The standard InChI is InChI=1S/C27H22O6S/c1-30-21-6-4-5-16(26(21)31-2)13-22-25(29)18-11-12-20-24(27(18)33-22)19(14-23(28)32-20)15-7-9-17(34-3)10-8-15/h4-13,19H,14H2,1-3H3/b22-13-/t19-/m1/s1. The number of carbonyl (C=O) groups excluding carboxylic acids is 2. The molecular formula is C27H22O6S. The number of Topliss-reactive ketones (excluding diaryl/α,β-unsaturated/α-hetero) is 1. The van der Waals surface area contributed by atoms with Crippen LogP contribution in [0.5, 0.6) is 23.0 Å². The molecule has 3 aromatic rings. The van der Waals surface area contributed by atoms with E-state index < -0.39 is 0 Å². The minimum atomic E-state index is -0.312. The minimum absolute atomic E-state index is 0.169. The zero-order valence-electron chi connectivity index (χ0n) is 18.9. The second-order valence-corrected chi connectivity index (χ2v) is 8.76. The zero-order valence-corrected chi connectivity index (χ0v) is 19.7. The molecule has 5 rings (SSSR count). The van der Waals surface area contributed by atoms with Gasteiger partial charge in [0.1, 0.15) is 11.5 Å². The predicted molar refractivity (Wildman–Crippen MR) is 129 cm³/mol. The highest BCUT2D eigenvalue weighted by Crippen LogP contribution is 2.49. The lowest BCUT2D eigenvalue weighted by atomic mass is 9.85. The first-order valence-electron chi connectivity index (χ1n) is 10.7. The number of carbonyl (C=O) groups is 2. The van der Waals surface area contributed by atoms with Crippen LogP contribution in [0, 0.1) is 0 Å². The zero-order chi connectivity index (χ0) is 23.8. The van der Waals surface area contributed by atoms with Crippen LogP contribution in [0.15, 0.2) is 65.3 Å². The molecule has 0 saturated carbocycles. The summed E-state index contributed by atoms with van der Waals surface area (Å²) in [7, 11) is 3.10. The summed E-state index contributed by atoms with van der Waals surface area (Å²) in [4.78, 5) is 26.7. The van der Waals surface area contributed by atoms with E-state index in [9.17, 15) is 9.59 Å². The number of fused-ring (bicyclic) bond motifs is 3. The van der Waals surface area contributed by atoms with E-state index >= 15 is 0 Å². The molecular weight excluding hydrogens is 452 g/mol. The van der Waals surface area contributed by atoms with Crippen molar-refractivity contribution in [2.75, 3.05) is 20.5 Å². The lowest BCUT2D eigenvalue weighted by Gasteiger charge is -2.26. The molecule has 0 radical (unpaired) electrons. The predicted octanol–water partition coefficient (Wildman–Crippen LogP) is 5.48. The molecule has 2 aliphatic rings. The Labute approximate surface area is 201 Å². The van der Waals surface area contributed by atoms with Gasteiger partial charge >= 0.3 is 5.97 Å². The average molecular weight is 475 g/mol. The number of allylic oxidation sites excluding steroid dienone is 1. The Morgan fingerprint density at radius 2 is 1.76 bits per heavy atom. The van der Waals surface area contributed by atoms with E-state index in [4.69, 9.17) is 18.9 Å². The lowest BCUT2D eigenvalue weighted by molar-refractivity contribution is -0.135. The monoisotopic (exact) mass is 474 g/mol. The summed E-state index contributed by atoms with van der Waals surface area (Å²) in [5, 5.41) is 0. The van der Waals surface area contributed by atoms with Crippen LogP contribution in [0.3, 0.4) is 0 Å². The van der Waals surface area contributed by atoms with Gasteiger partial charge in [0, 0.05) is 21.9 Å². The summed E-state index contributed by atoms with van der Waals surface area (Å²) in [5.41, 5.74) is 2.77. The Hall–Kier alpha value is -3.71. The van der Waals surface area contributed by atoms with Crippen LogP contribution in [-0.4, -0.2) is 32.2 Å². The number of rotatable bonds is 5. The highest BCUT2D eigenvalue weighted by Gasteiger charge is 2.38. The van der Waals surface area contributed by atoms with Crippen molar-refractivity contribution in [1.29, 1.82) is 0 Å². The van der Waals surface area contributed by atoms with Crippen molar-refractivity contribution in [2.45, 2.75) is 17.2 Å². The number of methoxy groups -OCH3 is 2. The summed E-state index contributed by atoms with van der Waals surface area (Å²) >= 11 is 1.65. The van der Waals surface area contributed by atoms with E-state index in [0.717, 1.165) is 10.5 Å². The molecule has 7 heteroatoms. The molecule has 0 unspecified atom stereocenters. The van der Waals surface area contributed by atoms with Gasteiger partial charge in [-0.05, 0) is 48.2 Å². The van der Waals surface area contributed by atoms with E-state index in [2.05, 4.69) is 0 Å². The van der Waals surface area contributed by atoms with Crippen molar-refractivity contribution in [2.24, 2.45) is 0 Å². The van der Waals surface area contributed by atoms with Gasteiger partial charge in [-0.25, -0.2) is 0 Å². The number of ether oxygens (including phenoxy) is 4. The fourth-order valence-electron chi connectivity index (χ4n) is 4.39. The first-order valence-corrected chi connectivity index (χ1v) is 11.9. The van der Waals surface area contributed by atoms with Gasteiger partial charge in [-0.3, -0.25) is 9.59 Å². The summed E-state index contributed by atoms with van der Waals surface area (Å²) in [6.45, 7) is 0. The number of para-hydroxylation sites is 1. The summed E-state index contributed by atoms with van der Waals surface area (Å²) < 4.78 is 22.5.